The van der Waals surface area contributed by atoms with Crippen molar-refractivity contribution in [1.82, 2.24) is 5.32 Å². The van der Waals surface area contributed by atoms with E-state index in [0.717, 1.165) is 23.4 Å². The molecule has 2 nitrogen and oxygen atoms in total. The Labute approximate surface area is 131 Å². The van der Waals surface area contributed by atoms with E-state index in [2.05, 4.69) is 25.2 Å². The fraction of sp³-hybridized carbons (Fsp3) is 0.333. The molecule has 2 aromatic rings. The Morgan fingerprint density at radius 3 is 2.38 bits per heavy atom. The van der Waals surface area contributed by atoms with Crippen molar-refractivity contribution in [3.8, 4) is 5.75 Å². The van der Waals surface area contributed by atoms with Gasteiger partial charge in [0.15, 0.2) is 0 Å². The van der Waals surface area contributed by atoms with Crippen LogP contribution in [-0.2, 0) is 6.42 Å². The number of rotatable bonds is 6. The van der Waals surface area contributed by atoms with Crippen molar-refractivity contribution in [2.24, 2.45) is 0 Å². The number of hydrogen-bond acceptors (Lipinski definition) is 2. The lowest BCUT2D eigenvalue weighted by Gasteiger charge is -2.21. The minimum Gasteiger partial charge on any atom is -0.508 e. The van der Waals surface area contributed by atoms with Crippen LogP contribution < -0.4 is 5.32 Å². The van der Waals surface area contributed by atoms with Gasteiger partial charge >= 0.3 is 0 Å². The topological polar surface area (TPSA) is 32.3 Å². The average Bonchev–Trinajstić information content (AvgIpc) is 2.47. The molecular weight excluding hydrogens is 282 g/mol. The fourth-order valence-electron chi connectivity index (χ4n) is 2.47. The van der Waals surface area contributed by atoms with Crippen LogP contribution in [-0.4, -0.2) is 11.1 Å². The third-order valence-electron chi connectivity index (χ3n) is 3.71. The lowest BCUT2D eigenvalue weighted by atomic mass is 10.0. The number of hydrogen-bond donors (Lipinski definition) is 2. The summed E-state index contributed by atoms with van der Waals surface area (Å²) in [5, 5.41) is 13.7. The molecule has 2 N–H and O–H groups in total. The van der Waals surface area contributed by atoms with Gasteiger partial charge < -0.3 is 10.4 Å². The smallest absolute Gasteiger partial charge is 0.115 e. The molecule has 0 aliphatic carbocycles. The standard InChI is InChI=1S/C18H22ClNO/c1-13(7-8-15-9-11-16(21)12-10-15)20-14(2)17-5-3-4-6-18(17)19/h3-6,9-14,20-21H,7-8H2,1-2H3/t13?,14-/m1/s1. The summed E-state index contributed by atoms with van der Waals surface area (Å²) < 4.78 is 0. The van der Waals surface area contributed by atoms with Crippen molar-refractivity contribution in [1.29, 1.82) is 0 Å². The van der Waals surface area contributed by atoms with Crippen LogP contribution in [0.15, 0.2) is 48.5 Å². The summed E-state index contributed by atoms with van der Waals surface area (Å²) in [4.78, 5) is 0. The van der Waals surface area contributed by atoms with Crippen LogP contribution in [0.4, 0.5) is 0 Å². The molecule has 0 aliphatic rings. The molecule has 2 rings (SSSR count). The molecule has 0 amide bonds. The predicted octanol–water partition coefficient (Wildman–Crippen LogP) is 4.72. The minimum atomic E-state index is 0.230. The molecule has 0 saturated carbocycles. The molecule has 0 aromatic heterocycles. The molecule has 2 aromatic carbocycles. The van der Waals surface area contributed by atoms with Crippen LogP contribution in [0, 0.1) is 0 Å². The van der Waals surface area contributed by atoms with Crippen LogP contribution in [0.5, 0.6) is 5.75 Å². The molecule has 21 heavy (non-hydrogen) atoms. The van der Waals surface area contributed by atoms with Crippen LogP contribution in [0.3, 0.4) is 0 Å². The van der Waals surface area contributed by atoms with Crippen molar-refractivity contribution in [3.05, 3.63) is 64.7 Å². The largest absolute Gasteiger partial charge is 0.508 e. The number of halogens is 1. The summed E-state index contributed by atoms with van der Waals surface area (Å²) >= 11 is 6.23. The lowest BCUT2D eigenvalue weighted by molar-refractivity contribution is 0.456. The number of aryl methyl sites for hydroxylation is 1. The second-order valence-corrected chi connectivity index (χ2v) is 5.92. The Kier molecular flexibility index (Phi) is 5.66. The zero-order valence-corrected chi connectivity index (χ0v) is 13.3. The molecule has 2 atom stereocenters. The van der Waals surface area contributed by atoms with Gasteiger partial charge in [0.1, 0.15) is 5.75 Å². The van der Waals surface area contributed by atoms with Crippen molar-refractivity contribution in [2.45, 2.75) is 38.8 Å². The Morgan fingerprint density at radius 2 is 1.71 bits per heavy atom. The van der Waals surface area contributed by atoms with Crippen molar-refractivity contribution in [3.63, 3.8) is 0 Å². The third kappa shape index (κ3) is 4.76. The maximum Gasteiger partial charge on any atom is 0.115 e. The summed E-state index contributed by atoms with van der Waals surface area (Å²) in [6.45, 7) is 4.33. The van der Waals surface area contributed by atoms with Gasteiger partial charge in [-0.2, -0.15) is 0 Å². The Bertz CT molecular complexity index is 568. The summed E-state index contributed by atoms with van der Waals surface area (Å²) in [5.74, 6) is 0.317. The number of nitrogens with one attached hydrogen (secondary N) is 1. The molecule has 0 heterocycles. The predicted molar refractivity (Wildman–Crippen MR) is 88.9 cm³/mol. The first-order valence-corrected chi connectivity index (χ1v) is 7.72. The highest BCUT2D eigenvalue weighted by molar-refractivity contribution is 6.31. The van der Waals surface area contributed by atoms with Gasteiger partial charge in [0.25, 0.3) is 0 Å². The van der Waals surface area contributed by atoms with E-state index in [4.69, 9.17) is 11.6 Å². The van der Waals surface area contributed by atoms with Gasteiger partial charge in [0.2, 0.25) is 0 Å². The lowest BCUT2D eigenvalue weighted by Crippen LogP contribution is -2.29. The average molecular weight is 304 g/mol. The first kappa shape index (κ1) is 15.9. The SMILES string of the molecule is CC(CCc1ccc(O)cc1)N[C@H](C)c1ccccc1Cl. The van der Waals surface area contributed by atoms with E-state index in [-0.39, 0.29) is 6.04 Å². The molecule has 112 valence electrons. The number of aromatic hydroxyl groups is 1. The van der Waals surface area contributed by atoms with Gasteiger partial charge in [-0.15, -0.1) is 0 Å². The van der Waals surface area contributed by atoms with Crippen LogP contribution in [0.1, 0.15) is 37.4 Å². The van der Waals surface area contributed by atoms with Crippen LogP contribution in [0.2, 0.25) is 5.02 Å². The zero-order valence-electron chi connectivity index (χ0n) is 12.5. The third-order valence-corrected chi connectivity index (χ3v) is 4.05. The van der Waals surface area contributed by atoms with Crippen molar-refractivity contribution < 1.29 is 5.11 Å². The molecule has 0 spiro atoms. The van der Waals surface area contributed by atoms with E-state index < -0.39 is 0 Å². The summed E-state index contributed by atoms with van der Waals surface area (Å²) in [5.41, 5.74) is 2.38. The van der Waals surface area contributed by atoms with Crippen LogP contribution >= 0.6 is 11.6 Å². The monoisotopic (exact) mass is 303 g/mol. The highest BCUT2D eigenvalue weighted by atomic mass is 35.5. The number of phenols is 1. The van der Waals surface area contributed by atoms with E-state index in [1.54, 1.807) is 12.1 Å². The molecule has 0 fully saturated rings. The van der Waals surface area contributed by atoms with Crippen molar-refractivity contribution in [2.75, 3.05) is 0 Å². The second-order valence-electron chi connectivity index (χ2n) is 5.52. The zero-order chi connectivity index (χ0) is 15.2. The Balaban J connectivity index is 1.85. The van der Waals surface area contributed by atoms with E-state index >= 15 is 0 Å². The highest BCUT2D eigenvalue weighted by Crippen LogP contribution is 2.23. The van der Waals surface area contributed by atoms with Gasteiger partial charge in [-0.1, -0.05) is 41.9 Å². The molecule has 0 radical (unpaired) electrons. The quantitative estimate of drug-likeness (QED) is 0.809. The van der Waals surface area contributed by atoms with E-state index in [9.17, 15) is 5.11 Å². The molecular formula is C18H22ClNO. The summed E-state index contributed by atoms with van der Waals surface area (Å²) in [7, 11) is 0. The second kappa shape index (κ2) is 7.48. The van der Waals surface area contributed by atoms with E-state index in [1.165, 1.54) is 5.56 Å². The fourth-order valence-corrected chi connectivity index (χ4v) is 2.77. The van der Waals surface area contributed by atoms with E-state index in [0.29, 0.717) is 11.8 Å². The van der Waals surface area contributed by atoms with Gasteiger partial charge in [0, 0.05) is 17.1 Å². The van der Waals surface area contributed by atoms with Gasteiger partial charge in [-0.05, 0) is 56.0 Å². The first-order chi connectivity index (χ1) is 10.1. The highest BCUT2D eigenvalue weighted by Gasteiger charge is 2.12. The first-order valence-electron chi connectivity index (χ1n) is 7.34. The summed E-state index contributed by atoms with van der Waals surface area (Å²) in [6.07, 6.45) is 2.03. The van der Waals surface area contributed by atoms with Crippen molar-refractivity contribution >= 4 is 11.6 Å². The van der Waals surface area contributed by atoms with E-state index in [1.807, 2.05) is 30.3 Å². The molecule has 0 aliphatic heterocycles. The minimum absolute atomic E-state index is 0.230. The van der Waals surface area contributed by atoms with Gasteiger partial charge in [-0.25, -0.2) is 0 Å². The molecule has 1 unspecified atom stereocenters. The normalized spacial score (nSPS) is 13.9. The Morgan fingerprint density at radius 1 is 1.05 bits per heavy atom. The Hall–Kier alpha value is -1.51. The maximum atomic E-state index is 9.28. The van der Waals surface area contributed by atoms with Crippen LogP contribution in [0.25, 0.3) is 0 Å². The number of phenolic OH excluding ortho intramolecular Hbond substituents is 1. The molecule has 0 bridgehead atoms. The molecule has 0 saturated heterocycles. The molecule has 3 heteroatoms. The van der Waals surface area contributed by atoms with Gasteiger partial charge in [0.05, 0.1) is 0 Å². The summed E-state index contributed by atoms with van der Waals surface area (Å²) in [6, 6.07) is 16.0. The van der Waals surface area contributed by atoms with Gasteiger partial charge in [-0.3, -0.25) is 0 Å². The number of benzene rings is 2. The maximum absolute atomic E-state index is 9.28.